The minimum absolute atomic E-state index is 0.0941. The minimum atomic E-state index is 0.0941. The first-order chi connectivity index (χ1) is 18.3. The highest BCUT2D eigenvalue weighted by Crippen LogP contribution is 2.40. The number of ether oxygens (including phenoxy) is 1. The van der Waals surface area contributed by atoms with Gasteiger partial charge in [-0.05, 0) is 30.3 Å². The lowest BCUT2D eigenvalue weighted by atomic mass is 10.1. The van der Waals surface area contributed by atoms with Crippen molar-refractivity contribution in [2.24, 2.45) is 0 Å². The number of thiophene rings is 1. The van der Waals surface area contributed by atoms with Gasteiger partial charge in [0.1, 0.15) is 0 Å². The number of rotatable bonds is 5. The van der Waals surface area contributed by atoms with E-state index in [4.69, 9.17) is 19.7 Å². The summed E-state index contributed by atoms with van der Waals surface area (Å²) in [5.74, 6) is 1.77. The standard InChI is InChI=1S/C28H29N7OS/c1-2-8-30-22(5-1)25(34-12-10-29-11-13-34)24-18-23-26(37-24)28(35-14-16-36-17-15-35)33-27(32-23)20-4-3-6-21-19(20)7-9-31-21/h1-9,18,25,29,31H,10-17H2. The Morgan fingerprint density at radius 1 is 0.946 bits per heavy atom. The molecule has 4 aromatic heterocycles. The second-order valence-electron chi connectivity index (χ2n) is 9.52. The number of benzene rings is 1. The SMILES string of the molecule is c1ccc(C(c2cc3nc(-c4cccc5[nH]ccc45)nc(N4CCOCC4)c3s2)N2CCNCC2)nc1. The zero-order valence-electron chi connectivity index (χ0n) is 20.6. The highest BCUT2D eigenvalue weighted by atomic mass is 32.1. The van der Waals surface area contributed by atoms with Gasteiger partial charge in [0.05, 0.1) is 35.2 Å². The molecule has 1 unspecified atom stereocenters. The average Bonchev–Trinajstić information content (AvgIpc) is 3.61. The molecule has 8 nitrogen and oxygen atoms in total. The number of aromatic nitrogens is 4. The summed E-state index contributed by atoms with van der Waals surface area (Å²) in [6.45, 7) is 7.02. The van der Waals surface area contributed by atoms with Gasteiger partial charge >= 0.3 is 0 Å². The summed E-state index contributed by atoms with van der Waals surface area (Å²) in [6.07, 6.45) is 3.87. The summed E-state index contributed by atoms with van der Waals surface area (Å²) in [5.41, 5.74) is 4.21. The number of fused-ring (bicyclic) bond motifs is 2. The van der Waals surface area contributed by atoms with E-state index in [1.54, 1.807) is 0 Å². The number of nitrogens with one attached hydrogen (secondary N) is 2. The summed E-state index contributed by atoms with van der Waals surface area (Å²) in [7, 11) is 0. The quantitative estimate of drug-likeness (QED) is 0.368. The molecule has 1 aromatic carbocycles. The van der Waals surface area contributed by atoms with Gasteiger partial charge in [-0.3, -0.25) is 9.88 Å². The van der Waals surface area contributed by atoms with Gasteiger partial charge in [-0.15, -0.1) is 11.3 Å². The fourth-order valence-corrected chi connectivity index (χ4v) is 6.71. The fourth-order valence-electron chi connectivity index (χ4n) is 5.45. The van der Waals surface area contributed by atoms with Crippen LogP contribution in [-0.2, 0) is 4.74 Å². The van der Waals surface area contributed by atoms with Gasteiger partial charge < -0.3 is 19.9 Å². The molecule has 9 heteroatoms. The van der Waals surface area contributed by atoms with Gasteiger partial charge in [-0.2, -0.15) is 0 Å². The fraction of sp³-hybridized carbons (Fsp3) is 0.321. The lowest BCUT2D eigenvalue weighted by Gasteiger charge is -2.34. The Morgan fingerprint density at radius 2 is 1.84 bits per heavy atom. The van der Waals surface area contributed by atoms with Crippen molar-refractivity contribution in [2.45, 2.75) is 6.04 Å². The molecule has 6 heterocycles. The maximum absolute atomic E-state index is 5.67. The van der Waals surface area contributed by atoms with E-state index >= 15 is 0 Å². The van der Waals surface area contributed by atoms with Gasteiger partial charge in [-0.25, -0.2) is 9.97 Å². The minimum Gasteiger partial charge on any atom is -0.378 e. The third-order valence-electron chi connectivity index (χ3n) is 7.27. The Labute approximate surface area is 219 Å². The molecule has 5 aromatic rings. The number of nitrogens with zero attached hydrogens (tertiary/aromatic N) is 5. The Morgan fingerprint density at radius 3 is 2.68 bits per heavy atom. The normalized spacial score (nSPS) is 18.0. The highest BCUT2D eigenvalue weighted by molar-refractivity contribution is 7.19. The van der Waals surface area contributed by atoms with E-state index in [2.05, 4.69) is 62.6 Å². The van der Waals surface area contributed by atoms with Crippen molar-refractivity contribution in [1.29, 1.82) is 0 Å². The molecule has 2 aliphatic heterocycles. The molecule has 2 saturated heterocycles. The number of pyridine rings is 1. The van der Waals surface area contributed by atoms with Crippen molar-refractivity contribution in [1.82, 2.24) is 30.2 Å². The second-order valence-corrected chi connectivity index (χ2v) is 10.6. The summed E-state index contributed by atoms with van der Waals surface area (Å²) >= 11 is 1.81. The van der Waals surface area contributed by atoms with Crippen LogP contribution in [0.4, 0.5) is 5.82 Å². The maximum Gasteiger partial charge on any atom is 0.162 e. The van der Waals surface area contributed by atoms with Crippen LogP contribution in [0.5, 0.6) is 0 Å². The molecule has 37 heavy (non-hydrogen) atoms. The number of aromatic amines is 1. The molecule has 1 atom stereocenters. The first kappa shape index (κ1) is 22.8. The zero-order chi connectivity index (χ0) is 24.6. The Balaban J connectivity index is 1.41. The first-order valence-corrected chi connectivity index (χ1v) is 13.7. The van der Waals surface area contributed by atoms with E-state index in [1.807, 2.05) is 29.8 Å². The second kappa shape index (κ2) is 9.83. The molecule has 0 aliphatic carbocycles. The van der Waals surface area contributed by atoms with E-state index in [-0.39, 0.29) is 6.04 Å². The van der Waals surface area contributed by atoms with Crippen molar-refractivity contribution < 1.29 is 4.74 Å². The lowest BCUT2D eigenvalue weighted by Crippen LogP contribution is -2.45. The largest absolute Gasteiger partial charge is 0.378 e. The Bertz CT molecular complexity index is 1520. The molecule has 7 rings (SSSR count). The van der Waals surface area contributed by atoms with Gasteiger partial charge in [0.15, 0.2) is 11.6 Å². The van der Waals surface area contributed by atoms with E-state index in [0.717, 1.165) is 83.3 Å². The molecule has 0 amide bonds. The van der Waals surface area contributed by atoms with Gasteiger partial charge in [0, 0.05) is 73.0 Å². The predicted molar refractivity (Wildman–Crippen MR) is 148 cm³/mol. The number of hydrogen-bond acceptors (Lipinski definition) is 8. The van der Waals surface area contributed by atoms with Crippen molar-refractivity contribution >= 4 is 38.3 Å². The van der Waals surface area contributed by atoms with Gasteiger partial charge in [-0.1, -0.05) is 18.2 Å². The molecule has 0 radical (unpaired) electrons. The number of anilines is 1. The van der Waals surface area contributed by atoms with E-state index in [9.17, 15) is 0 Å². The first-order valence-electron chi connectivity index (χ1n) is 12.9. The topological polar surface area (TPSA) is 82.2 Å². The molecular weight excluding hydrogens is 482 g/mol. The van der Waals surface area contributed by atoms with Crippen LogP contribution < -0.4 is 10.2 Å². The van der Waals surface area contributed by atoms with Crippen molar-refractivity contribution in [3.05, 3.63) is 71.5 Å². The number of H-pyrrole nitrogens is 1. The van der Waals surface area contributed by atoms with Crippen LogP contribution in [0.15, 0.2) is 60.9 Å². The predicted octanol–water partition coefficient (Wildman–Crippen LogP) is 4.07. The zero-order valence-corrected chi connectivity index (χ0v) is 21.4. The number of piperazine rings is 1. The number of morpholine rings is 1. The molecule has 0 spiro atoms. The summed E-state index contributed by atoms with van der Waals surface area (Å²) < 4.78 is 6.81. The Hall–Kier alpha value is -3.37. The summed E-state index contributed by atoms with van der Waals surface area (Å²) in [6, 6.07) is 17.0. The van der Waals surface area contributed by atoms with Crippen LogP contribution in [0.2, 0.25) is 0 Å². The van der Waals surface area contributed by atoms with Crippen LogP contribution in [0, 0.1) is 0 Å². The third-order valence-corrected chi connectivity index (χ3v) is 8.45. The van der Waals surface area contributed by atoms with Crippen LogP contribution in [0.3, 0.4) is 0 Å². The molecule has 2 N–H and O–H groups in total. The molecule has 2 aliphatic rings. The Kier molecular flexibility index (Phi) is 6.06. The molecule has 0 saturated carbocycles. The van der Waals surface area contributed by atoms with Crippen LogP contribution in [0.25, 0.3) is 32.5 Å². The molecule has 0 bridgehead atoms. The number of hydrogen-bond donors (Lipinski definition) is 2. The summed E-state index contributed by atoms with van der Waals surface area (Å²) in [4.78, 5) is 24.6. The highest BCUT2D eigenvalue weighted by Gasteiger charge is 2.29. The van der Waals surface area contributed by atoms with E-state index in [1.165, 1.54) is 4.88 Å². The van der Waals surface area contributed by atoms with Gasteiger partial charge in [0.2, 0.25) is 0 Å². The molecule has 2 fully saturated rings. The smallest absolute Gasteiger partial charge is 0.162 e. The monoisotopic (exact) mass is 511 g/mol. The summed E-state index contributed by atoms with van der Waals surface area (Å²) in [5, 5.41) is 4.62. The van der Waals surface area contributed by atoms with E-state index < -0.39 is 0 Å². The van der Waals surface area contributed by atoms with Crippen molar-refractivity contribution in [2.75, 3.05) is 57.4 Å². The molecule has 188 valence electrons. The maximum atomic E-state index is 5.67. The molecular formula is C28H29N7OS. The lowest BCUT2D eigenvalue weighted by molar-refractivity contribution is 0.122. The van der Waals surface area contributed by atoms with Crippen molar-refractivity contribution in [3.63, 3.8) is 0 Å². The van der Waals surface area contributed by atoms with E-state index in [0.29, 0.717) is 13.2 Å². The van der Waals surface area contributed by atoms with Crippen molar-refractivity contribution in [3.8, 4) is 11.4 Å². The average molecular weight is 512 g/mol. The van der Waals surface area contributed by atoms with Gasteiger partial charge in [0.25, 0.3) is 0 Å². The van der Waals surface area contributed by atoms with Crippen LogP contribution in [-0.4, -0.2) is 77.3 Å². The third kappa shape index (κ3) is 4.27. The van der Waals surface area contributed by atoms with Crippen LogP contribution >= 0.6 is 11.3 Å². The van der Waals surface area contributed by atoms with Crippen LogP contribution in [0.1, 0.15) is 16.6 Å².